The van der Waals surface area contributed by atoms with E-state index in [4.69, 9.17) is 0 Å². The van der Waals surface area contributed by atoms with Gasteiger partial charge in [0.2, 0.25) is 5.95 Å². The van der Waals surface area contributed by atoms with Crippen LogP contribution in [0.5, 0.6) is 0 Å². The molecule has 3 heterocycles. The molecule has 3 amide bonds. The van der Waals surface area contributed by atoms with Gasteiger partial charge < -0.3 is 21.3 Å². The van der Waals surface area contributed by atoms with Gasteiger partial charge in [0, 0.05) is 35.9 Å². The van der Waals surface area contributed by atoms with E-state index in [9.17, 15) is 9.59 Å². The highest BCUT2D eigenvalue weighted by atomic mass is 32.2. The number of aromatic nitrogens is 3. The molecule has 0 aliphatic carbocycles. The van der Waals surface area contributed by atoms with Crippen molar-refractivity contribution in [1.82, 2.24) is 25.6 Å². The van der Waals surface area contributed by atoms with Crippen molar-refractivity contribution in [3.63, 3.8) is 0 Å². The van der Waals surface area contributed by atoms with Gasteiger partial charge in [0.25, 0.3) is 5.91 Å². The van der Waals surface area contributed by atoms with Crippen LogP contribution in [0.2, 0.25) is 0 Å². The molecular formula is C20H23N9O2S2. The highest BCUT2D eigenvalue weighted by Crippen LogP contribution is 2.27. The smallest absolute Gasteiger partial charge is 0.361 e. The lowest BCUT2D eigenvalue weighted by atomic mass is 10.2. The maximum Gasteiger partial charge on any atom is 0.361 e. The number of nitrogens with zero attached hydrogens (tertiary/aromatic N) is 5. The van der Waals surface area contributed by atoms with Gasteiger partial charge in [-0.25, -0.2) is 19.7 Å². The molecule has 0 saturated heterocycles. The lowest BCUT2D eigenvalue weighted by Crippen LogP contribution is -2.38. The number of carbonyl (C=O) groups is 2. The van der Waals surface area contributed by atoms with Gasteiger partial charge in [-0.05, 0) is 30.4 Å². The Hall–Kier alpha value is -3.32. The van der Waals surface area contributed by atoms with Crippen LogP contribution in [0, 0.1) is 5.92 Å². The first-order valence-corrected chi connectivity index (χ1v) is 12.3. The van der Waals surface area contributed by atoms with Crippen LogP contribution in [0.3, 0.4) is 0 Å². The van der Waals surface area contributed by atoms with E-state index in [2.05, 4.69) is 53.4 Å². The van der Waals surface area contributed by atoms with E-state index >= 15 is 0 Å². The Labute approximate surface area is 198 Å². The molecule has 2 atom stereocenters. The number of benzene rings is 1. The summed E-state index contributed by atoms with van der Waals surface area (Å²) in [5, 5.41) is 19.8. The Morgan fingerprint density at radius 2 is 2.03 bits per heavy atom. The monoisotopic (exact) mass is 485 g/mol. The molecule has 1 aromatic carbocycles. The SMILES string of the molecule is CSc1cnc(NC[C@H](C)CNc2nc3ccc(C(=O)NCC4N=NC(=O)N4)cc3s2)nc1. The number of thiazole rings is 1. The molecule has 0 spiro atoms. The predicted octanol–water partition coefficient (Wildman–Crippen LogP) is 3.20. The van der Waals surface area contributed by atoms with Gasteiger partial charge in [0.1, 0.15) is 0 Å². The van der Waals surface area contributed by atoms with Crippen LogP contribution in [-0.4, -0.2) is 58.9 Å². The zero-order valence-electron chi connectivity index (χ0n) is 18.0. The maximum atomic E-state index is 12.4. The molecular weight excluding hydrogens is 462 g/mol. The first kappa shape index (κ1) is 22.9. The van der Waals surface area contributed by atoms with E-state index in [1.54, 1.807) is 30.2 Å². The number of carbonyl (C=O) groups excluding carboxylic acids is 2. The summed E-state index contributed by atoms with van der Waals surface area (Å²) >= 11 is 3.10. The number of urea groups is 1. The van der Waals surface area contributed by atoms with E-state index in [0.29, 0.717) is 17.4 Å². The van der Waals surface area contributed by atoms with Gasteiger partial charge in [0.15, 0.2) is 11.3 Å². The van der Waals surface area contributed by atoms with Gasteiger partial charge >= 0.3 is 6.03 Å². The summed E-state index contributed by atoms with van der Waals surface area (Å²) in [6, 6.07) is 4.86. The number of amides is 3. The van der Waals surface area contributed by atoms with Crippen molar-refractivity contribution in [2.75, 3.05) is 36.5 Å². The zero-order valence-corrected chi connectivity index (χ0v) is 19.7. The van der Waals surface area contributed by atoms with Gasteiger partial charge in [-0.15, -0.1) is 11.8 Å². The van der Waals surface area contributed by atoms with E-state index < -0.39 is 12.2 Å². The van der Waals surface area contributed by atoms with Crippen molar-refractivity contribution in [1.29, 1.82) is 0 Å². The average molecular weight is 486 g/mol. The lowest BCUT2D eigenvalue weighted by molar-refractivity contribution is 0.0950. The van der Waals surface area contributed by atoms with Crippen LogP contribution in [0.15, 0.2) is 45.7 Å². The van der Waals surface area contributed by atoms with Crippen molar-refractivity contribution >= 4 is 56.3 Å². The minimum Gasteiger partial charge on any atom is -0.361 e. The fraction of sp³-hybridized carbons (Fsp3) is 0.350. The Kier molecular flexibility index (Phi) is 7.29. The Bertz CT molecular complexity index is 1170. The van der Waals surface area contributed by atoms with Crippen molar-refractivity contribution < 1.29 is 9.59 Å². The topological polar surface area (TPSA) is 146 Å². The van der Waals surface area contributed by atoms with Crippen LogP contribution >= 0.6 is 23.1 Å². The van der Waals surface area contributed by atoms with E-state index in [1.165, 1.54) is 11.3 Å². The van der Waals surface area contributed by atoms with Crippen molar-refractivity contribution in [3.8, 4) is 0 Å². The highest BCUT2D eigenvalue weighted by molar-refractivity contribution is 7.98. The highest BCUT2D eigenvalue weighted by Gasteiger charge is 2.18. The standard InChI is InChI=1S/C20H23N9O2S2/c1-11(6-22-18-23-8-13(32-2)9-24-18)7-25-20-26-14-4-3-12(5-15(14)33-20)17(30)21-10-16-27-19(31)29-28-16/h3-5,8-9,11,16H,6-7,10H2,1-2H3,(H,21,30)(H,25,26)(H,27,31)(H,22,23,24)/t11-,16?/m0/s1. The number of fused-ring (bicyclic) bond motifs is 1. The van der Waals surface area contributed by atoms with Crippen LogP contribution in [-0.2, 0) is 0 Å². The summed E-state index contributed by atoms with van der Waals surface area (Å²) in [5.41, 5.74) is 1.34. The molecule has 172 valence electrons. The van der Waals surface area contributed by atoms with Crippen LogP contribution < -0.4 is 21.3 Å². The summed E-state index contributed by atoms with van der Waals surface area (Å²) in [6.45, 7) is 3.76. The maximum absolute atomic E-state index is 12.4. The van der Waals surface area contributed by atoms with Crippen LogP contribution in [0.1, 0.15) is 17.3 Å². The minimum atomic E-state index is -0.526. The second-order valence-corrected chi connectivity index (χ2v) is 9.32. The summed E-state index contributed by atoms with van der Waals surface area (Å²) in [7, 11) is 0. The number of azo groups is 1. The third-order valence-corrected chi connectivity index (χ3v) is 6.42. The van der Waals surface area contributed by atoms with E-state index in [-0.39, 0.29) is 12.5 Å². The molecule has 1 aliphatic rings. The van der Waals surface area contributed by atoms with E-state index in [1.807, 2.05) is 18.4 Å². The largest absolute Gasteiger partial charge is 0.361 e. The average Bonchev–Trinajstić information content (AvgIpc) is 3.44. The molecule has 0 fully saturated rings. The quantitative estimate of drug-likeness (QED) is 0.320. The first-order valence-electron chi connectivity index (χ1n) is 10.2. The van der Waals surface area contributed by atoms with Gasteiger partial charge in [-0.1, -0.05) is 23.4 Å². The number of thioether (sulfide) groups is 1. The van der Waals surface area contributed by atoms with Gasteiger partial charge in [-0.3, -0.25) is 4.79 Å². The Balaban J connectivity index is 1.27. The molecule has 1 aliphatic heterocycles. The number of nitrogens with one attached hydrogen (secondary N) is 4. The molecule has 0 bridgehead atoms. The number of anilines is 2. The Morgan fingerprint density at radius 3 is 2.76 bits per heavy atom. The summed E-state index contributed by atoms with van der Waals surface area (Å²) in [4.78, 5) is 37.7. The molecule has 11 nitrogen and oxygen atoms in total. The lowest BCUT2D eigenvalue weighted by Gasteiger charge is -2.13. The summed E-state index contributed by atoms with van der Waals surface area (Å²) in [5.74, 6) is 0.683. The van der Waals surface area contributed by atoms with Crippen molar-refractivity contribution in [2.45, 2.75) is 18.0 Å². The van der Waals surface area contributed by atoms with Crippen molar-refractivity contribution in [2.24, 2.45) is 16.1 Å². The number of hydrogen-bond donors (Lipinski definition) is 4. The molecule has 13 heteroatoms. The zero-order chi connectivity index (χ0) is 23.2. The van der Waals surface area contributed by atoms with Crippen LogP contribution in [0.25, 0.3) is 10.2 Å². The molecule has 0 radical (unpaired) electrons. The van der Waals surface area contributed by atoms with E-state index in [0.717, 1.165) is 33.3 Å². The summed E-state index contributed by atoms with van der Waals surface area (Å²) < 4.78 is 0.909. The first-order chi connectivity index (χ1) is 16.0. The second kappa shape index (κ2) is 10.5. The molecule has 2 aromatic heterocycles. The molecule has 1 unspecified atom stereocenters. The third kappa shape index (κ3) is 6.14. The van der Waals surface area contributed by atoms with Crippen LogP contribution in [0.4, 0.5) is 15.9 Å². The normalized spacial score (nSPS) is 15.9. The third-order valence-electron chi connectivity index (χ3n) is 4.76. The minimum absolute atomic E-state index is 0.181. The second-order valence-electron chi connectivity index (χ2n) is 7.41. The molecule has 0 saturated carbocycles. The predicted molar refractivity (Wildman–Crippen MR) is 129 cm³/mol. The number of hydrogen-bond acceptors (Lipinski definition) is 10. The van der Waals surface area contributed by atoms with Gasteiger partial charge in [-0.2, -0.15) is 5.11 Å². The summed E-state index contributed by atoms with van der Waals surface area (Å²) in [6.07, 6.45) is 5.07. The fourth-order valence-electron chi connectivity index (χ4n) is 2.96. The number of rotatable bonds is 10. The fourth-order valence-corrected chi connectivity index (χ4v) is 4.19. The molecule has 3 aromatic rings. The molecule has 4 rings (SSSR count). The van der Waals surface area contributed by atoms with Gasteiger partial charge in [0.05, 0.1) is 16.8 Å². The molecule has 4 N–H and O–H groups in total. The Morgan fingerprint density at radius 1 is 1.24 bits per heavy atom. The van der Waals surface area contributed by atoms with Crippen molar-refractivity contribution in [3.05, 3.63) is 36.2 Å². The molecule has 33 heavy (non-hydrogen) atoms.